The molecule has 1 heterocycles. The first-order valence-electron chi connectivity index (χ1n) is 8.60. The minimum absolute atomic E-state index is 0.808. The summed E-state index contributed by atoms with van der Waals surface area (Å²) >= 11 is 0. The van der Waals surface area contributed by atoms with Crippen LogP contribution in [0.15, 0.2) is 54.7 Å². The normalized spacial score (nSPS) is 11.2. The van der Waals surface area contributed by atoms with Gasteiger partial charge < -0.3 is 14.6 Å². The van der Waals surface area contributed by atoms with Gasteiger partial charge in [-0.15, -0.1) is 0 Å². The third-order valence-electron chi connectivity index (χ3n) is 4.49. The van der Waals surface area contributed by atoms with Crippen molar-refractivity contribution in [2.75, 3.05) is 20.3 Å². The molecule has 0 aliphatic heterocycles. The fourth-order valence-electron chi connectivity index (χ4n) is 3.13. The Balaban J connectivity index is 1.80. The molecule has 24 heavy (non-hydrogen) atoms. The zero-order chi connectivity index (χ0) is 16.8. The monoisotopic (exact) mass is 322 g/mol. The fraction of sp³-hybridized carbons (Fsp3) is 0.333. The number of nitrogens with zero attached hydrogens (tertiary/aromatic N) is 1. The van der Waals surface area contributed by atoms with Crippen molar-refractivity contribution in [3.63, 3.8) is 0 Å². The van der Waals surface area contributed by atoms with Gasteiger partial charge >= 0.3 is 0 Å². The van der Waals surface area contributed by atoms with E-state index in [1.807, 2.05) is 0 Å². The summed E-state index contributed by atoms with van der Waals surface area (Å²) in [6.07, 6.45) is 3.33. The topological polar surface area (TPSA) is 26.2 Å². The van der Waals surface area contributed by atoms with E-state index in [9.17, 15) is 0 Å². The second kappa shape index (κ2) is 8.13. The second-order valence-corrected chi connectivity index (χ2v) is 6.25. The Kier molecular flexibility index (Phi) is 5.68. The molecule has 0 fully saturated rings. The van der Waals surface area contributed by atoms with Gasteiger partial charge in [-0.1, -0.05) is 42.5 Å². The van der Waals surface area contributed by atoms with Crippen molar-refractivity contribution in [2.24, 2.45) is 0 Å². The van der Waals surface area contributed by atoms with E-state index in [0.717, 1.165) is 32.7 Å². The average Bonchev–Trinajstić information content (AvgIpc) is 2.95. The van der Waals surface area contributed by atoms with E-state index in [1.165, 1.54) is 27.6 Å². The molecule has 126 valence electrons. The van der Waals surface area contributed by atoms with Crippen LogP contribution >= 0.6 is 0 Å². The SMILES string of the molecule is COCCCNCc1cn(Cc2ccccc2C)c2ccccc12. The first-order chi connectivity index (χ1) is 11.8. The van der Waals surface area contributed by atoms with E-state index in [1.54, 1.807) is 7.11 Å². The first-order valence-corrected chi connectivity index (χ1v) is 8.60. The Hall–Kier alpha value is -2.10. The quantitative estimate of drug-likeness (QED) is 0.631. The molecule has 0 amide bonds. The third kappa shape index (κ3) is 3.86. The zero-order valence-electron chi connectivity index (χ0n) is 14.6. The molecule has 0 saturated carbocycles. The number of nitrogens with one attached hydrogen (secondary N) is 1. The van der Waals surface area contributed by atoms with Gasteiger partial charge in [0, 0.05) is 43.9 Å². The first kappa shape index (κ1) is 16.7. The number of aryl methyl sites for hydroxylation is 1. The molecule has 3 nitrogen and oxygen atoms in total. The van der Waals surface area contributed by atoms with Gasteiger partial charge in [0.15, 0.2) is 0 Å². The summed E-state index contributed by atoms with van der Waals surface area (Å²) in [5.41, 5.74) is 5.37. The van der Waals surface area contributed by atoms with Gasteiger partial charge in [-0.05, 0) is 42.6 Å². The molecule has 0 unspecified atom stereocenters. The van der Waals surface area contributed by atoms with Crippen molar-refractivity contribution in [1.82, 2.24) is 9.88 Å². The minimum Gasteiger partial charge on any atom is -0.385 e. The molecule has 0 saturated heterocycles. The van der Waals surface area contributed by atoms with Crippen LogP contribution in [-0.4, -0.2) is 24.8 Å². The van der Waals surface area contributed by atoms with E-state index in [4.69, 9.17) is 4.74 Å². The lowest BCUT2D eigenvalue weighted by Crippen LogP contribution is -2.15. The molecule has 0 aliphatic carbocycles. The van der Waals surface area contributed by atoms with Crippen LogP contribution in [-0.2, 0) is 17.8 Å². The highest BCUT2D eigenvalue weighted by molar-refractivity contribution is 5.84. The molecule has 3 aromatic rings. The molecule has 2 aromatic carbocycles. The van der Waals surface area contributed by atoms with Gasteiger partial charge in [-0.3, -0.25) is 0 Å². The van der Waals surface area contributed by atoms with Crippen LogP contribution in [0.25, 0.3) is 10.9 Å². The van der Waals surface area contributed by atoms with Crippen molar-refractivity contribution >= 4 is 10.9 Å². The highest BCUT2D eigenvalue weighted by atomic mass is 16.5. The highest BCUT2D eigenvalue weighted by Gasteiger charge is 2.09. The number of benzene rings is 2. The lowest BCUT2D eigenvalue weighted by Gasteiger charge is -2.08. The van der Waals surface area contributed by atoms with Crippen LogP contribution in [0.1, 0.15) is 23.1 Å². The van der Waals surface area contributed by atoms with Crippen LogP contribution in [0.5, 0.6) is 0 Å². The summed E-state index contributed by atoms with van der Waals surface area (Å²) in [6.45, 7) is 5.77. The fourth-order valence-corrected chi connectivity index (χ4v) is 3.13. The number of methoxy groups -OCH3 is 1. The van der Waals surface area contributed by atoms with E-state index in [-0.39, 0.29) is 0 Å². The number of ether oxygens (including phenoxy) is 1. The number of para-hydroxylation sites is 1. The summed E-state index contributed by atoms with van der Waals surface area (Å²) in [6, 6.07) is 17.3. The van der Waals surface area contributed by atoms with Gasteiger partial charge in [0.25, 0.3) is 0 Å². The van der Waals surface area contributed by atoms with Crippen LogP contribution in [0.4, 0.5) is 0 Å². The van der Waals surface area contributed by atoms with Gasteiger partial charge in [-0.2, -0.15) is 0 Å². The number of hydrogen-bond donors (Lipinski definition) is 1. The molecular weight excluding hydrogens is 296 g/mol. The number of fused-ring (bicyclic) bond motifs is 1. The maximum atomic E-state index is 5.10. The maximum absolute atomic E-state index is 5.10. The molecule has 0 radical (unpaired) electrons. The van der Waals surface area contributed by atoms with Crippen LogP contribution < -0.4 is 5.32 Å². The van der Waals surface area contributed by atoms with Gasteiger partial charge in [-0.25, -0.2) is 0 Å². The largest absolute Gasteiger partial charge is 0.385 e. The Morgan fingerprint density at radius 1 is 1.00 bits per heavy atom. The number of hydrogen-bond acceptors (Lipinski definition) is 2. The van der Waals surface area contributed by atoms with Crippen molar-refractivity contribution in [1.29, 1.82) is 0 Å². The smallest absolute Gasteiger partial charge is 0.0486 e. The van der Waals surface area contributed by atoms with Gasteiger partial charge in [0.05, 0.1) is 0 Å². The summed E-state index contributed by atoms with van der Waals surface area (Å²) < 4.78 is 7.47. The van der Waals surface area contributed by atoms with E-state index in [0.29, 0.717) is 0 Å². The molecule has 0 aliphatic rings. The molecule has 3 rings (SSSR count). The predicted molar refractivity (Wildman–Crippen MR) is 100 cm³/mol. The summed E-state index contributed by atoms with van der Waals surface area (Å²) in [5.74, 6) is 0. The van der Waals surface area contributed by atoms with E-state index < -0.39 is 0 Å². The molecule has 0 bridgehead atoms. The summed E-state index contributed by atoms with van der Waals surface area (Å²) in [7, 11) is 1.75. The third-order valence-corrected chi connectivity index (χ3v) is 4.49. The van der Waals surface area contributed by atoms with Gasteiger partial charge in [0.2, 0.25) is 0 Å². The lowest BCUT2D eigenvalue weighted by atomic mass is 10.1. The van der Waals surface area contributed by atoms with Crippen molar-refractivity contribution < 1.29 is 4.74 Å². The molecule has 1 N–H and O–H groups in total. The molecule has 3 heteroatoms. The molecule has 0 atom stereocenters. The van der Waals surface area contributed by atoms with Crippen LogP contribution in [0, 0.1) is 6.92 Å². The van der Waals surface area contributed by atoms with Crippen LogP contribution in [0.3, 0.4) is 0 Å². The Bertz CT molecular complexity index is 791. The van der Waals surface area contributed by atoms with Crippen molar-refractivity contribution in [3.8, 4) is 0 Å². The number of aromatic nitrogens is 1. The minimum atomic E-state index is 0.808. The molecule has 0 spiro atoms. The Morgan fingerprint density at radius 3 is 2.62 bits per heavy atom. The zero-order valence-corrected chi connectivity index (χ0v) is 14.6. The summed E-state index contributed by atoms with van der Waals surface area (Å²) in [5, 5.41) is 4.86. The molecular formula is C21H26N2O. The Morgan fingerprint density at radius 2 is 1.79 bits per heavy atom. The van der Waals surface area contributed by atoms with Crippen molar-refractivity contribution in [2.45, 2.75) is 26.4 Å². The van der Waals surface area contributed by atoms with Gasteiger partial charge in [0.1, 0.15) is 0 Å². The average molecular weight is 322 g/mol. The molecule has 1 aromatic heterocycles. The standard InChI is InChI=1S/C21H26N2O/c1-17-8-3-4-9-18(17)15-23-16-19(14-22-12-7-13-24-2)20-10-5-6-11-21(20)23/h3-6,8-11,16,22H,7,12-15H2,1-2H3. The number of rotatable bonds is 8. The van der Waals surface area contributed by atoms with Crippen molar-refractivity contribution in [3.05, 3.63) is 71.4 Å². The van der Waals surface area contributed by atoms with E-state index >= 15 is 0 Å². The Labute approximate surface area is 144 Å². The predicted octanol–water partition coefficient (Wildman–Crippen LogP) is 4.12. The van der Waals surface area contributed by atoms with E-state index in [2.05, 4.69) is 71.5 Å². The second-order valence-electron chi connectivity index (χ2n) is 6.25. The maximum Gasteiger partial charge on any atom is 0.0486 e. The lowest BCUT2D eigenvalue weighted by molar-refractivity contribution is 0.194. The highest BCUT2D eigenvalue weighted by Crippen LogP contribution is 2.23. The summed E-state index contributed by atoms with van der Waals surface area (Å²) in [4.78, 5) is 0. The van der Waals surface area contributed by atoms with Crippen LogP contribution in [0.2, 0.25) is 0 Å².